The maximum absolute atomic E-state index is 12.8. The second-order valence-electron chi connectivity index (χ2n) is 6.26. The van der Waals surface area contributed by atoms with Crippen LogP contribution in [0.3, 0.4) is 0 Å². The first-order valence-corrected chi connectivity index (χ1v) is 9.66. The van der Waals surface area contributed by atoms with Crippen LogP contribution in [0.5, 0.6) is 0 Å². The van der Waals surface area contributed by atoms with Crippen LogP contribution in [-0.2, 0) is 0 Å². The molecule has 0 saturated carbocycles. The fourth-order valence-electron chi connectivity index (χ4n) is 3.13. The van der Waals surface area contributed by atoms with Crippen molar-refractivity contribution >= 4 is 50.7 Å². The lowest BCUT2D eigenvalue weighted by Crippen LogP contribution is -2.22. The minimum absolute atomic E-state index is 0.0838. The van der Waals surface area contributed by atoms with Crippen LogP contribution in [0.4, 0.5) is 5.69 Å². The maximum atomic E-state index is 12.8. The van der Waals surface area contributed by atoms with Crippen LogP contribution in [0.25, 0.3) is 33.4 Å². The van der Waals surface area contributed by atoms with E-state index in [1.165, 1.54) is 29.5 Å². The third-order valence-corrected chi connectivity index (χ3v) is 5.77. The van der Waals surface area contributed by atoms with Crippen molar-refractivity contribution in [1.29, 1.82) is 0 Å². The zero-order valence-electron chi connectivity index (χ0n) is 14.5. The van der Waals surface area contributed by atoms with Gasteiger partial charge in [-0.3, -0.25) is 14.9 Å². The molecular formula is C20H10ClN3O4S. The number of halogens is 1. The average molecular weight is 424 g/mol. The van der Waals surface area contributed by atoms with Gasteiger partial charge in [-0.1, -0.05) is 35.1 Å². The minimum Gasteiger partial charge on any atom is -0.457 e. The average Bonchev–Trinajstić information content (AvgIpc) is 3.38. The first-order valence-electron chi connectivity index (χ1n) is 8.47. The molecular weight excluding hydrogens is 414 g/mol. The Morgan fingerprint density at radius 2 is 2.00 bits per heavy atom. The molecule has 0 N–H and O–H groups in total. The van der Waals surface area contributed by atoms with Gasteiger partial charge in [0.25, 0.3) is 11.2 Å². The van der Waals surface area contributed by atoms with Gasteiger partial charge in [0.1, 0.15) is 16.1 Å². The van der Waals surface area contributed by atoms with Crippen molar-refractivity contribution in [3.63, 3.8) is 0 Å². The number of furan rings is 1. The lowest BCUT2D eigenvalue weighted by Gasteiger charge is -2.00. The number of rotatable bonds is 3. The Balaban J connectivity index is 1.61. The van der Waals surface area contributed by atoms with Crippen LogP contribution in [0.2, 0.25) is 5.02 Å². The summed E-state index contributed by atoms with van der Waals surface area (Å²) in [5, 5.41) is 11.4. The van der Waals surface area contributed by atoms with E-state index >= 15 is 0 Å². The highest BCUT2D eigenvalue weighted by molar-refractivity contribution is 7.15. The molecule has 9 heteroatoms. The van der Waals surface area contributed by atoms with Gasteiger partial charge in [-0.05, 0) is 30.3 Å². The fourth-order valence-corrected chi connectivity index (χ4v) is 4.31. The van der Waals surface area contributed by atoms with Gasteiger partial charge >= 0.3 is 0 Å². The molecule has 0 aliphatic rings. The Morgan fingerprint density at radius 3 is 2.83 bits per heavy atom. The summed E-state index contributed by atoms with van der Waals surface area (Å²) in [5.41, 5.74) is 1.68. The molecule has 0 aliphatic heterocycles. The Morgan fingerprint density at radius 1 is 1.17 bits per heavy atom. The van der Waals surface area contributed by atoms with Gasteiger partial charge in [-0.2, -0.15) is 0 Å². The molecule has 0 fully saturated rings. The van der Waals surface area contributed by atoms with Gasteiger partial charge in [-0.15, -0.1) is 0 Å². The molecule has 0 aliphatic carbocycles. The number of benzene rings is 2. The van der Waals surface area contributed by atoms with E-state index in [1.54, 1.807) is 22.6 Å². The quantitative estimate of drug-likeness (QED) is 0.319. The third-order valence-electron chi connectivity index (χ3n) is 4.47. The van der Waals surface area contributed by atoms with Crippen molar-refractivity contribution in [2.75, 3.05) is 0 Å². The molecule has 29 heavy (non-hydrogen) atoms. The van der Waals surface area contributed by atoms with Crippen LogP contribution in [-0.4, -0.2) is 14.3 Å². The predicted molar refractivity (Wildman–Crippen MR) is 111 cm³/mol. The summed E-state index contributed by atoms with van der Waals surface area (Å²) in [6.07, 6.45) is 1.63. The molecule has 0 spiro atoms. The summed E-state index contributed by atoms with van der Waals surface area (Å²) in [7, 11) is 0. The third kappa shape index (κ3) is 2.89. The SMILES string of the molecule is O=c1/c(=C\c2ccc(-c3cc([N+](=O)[O-])ccc3Cl)o2)sc2nc3ccccc3n12. The number of hydrogen-bond donors (Lipinski definition) is 0. The number of nitrogens with zero attached hydrogens (tertiary/aromatic N) is 3. The van der Waals surface area contributed by atoms with E-state index in [4.69, 9.17) is 16.0 Å². The van der Waals surface area contributed by atoms with Crippen molar-refractivity contribution in [3.05, 3.63) is 90.4 Å². The second-order valence-corrected chi connectivity index (χ2v) is 7.67. The van der Waals surface area contributed by atoms with Crippen molar-refractivity contribution in [3.8, 4) is 11.3 Å². The Labute approximate surface area is 171 Å². The molecule has 0 saturated heterocycles. The lowest BCUT2D eigenvalue weighted by atomic mass is 10.1. The molecule has 3 heterocycles. The number of thiazole rings is 1. The largest absolute Gasteiger partial charge is 0.457 e. The molecule has 142 valence electrons. The van der Waals surface area contributed by atoms with Crippen molar-refractivity contribution in [2.24, 2.45) is 0 Å². The first kappa shape index (κ1) is 17.6. The highest BCUT2D eigenvalue weighted by Gasteiger charge is 2.15. The van der Waals surface area contributed by atoms with Gasteiger partial charge in [0.15, 0.2) is 4.96 Å². The van der Waals surface area contributed by atoms with Crippen LogP contribution >= 0.6 is 22.9 Å². The summed E-state index contributed by atoms with van der Waals surface area (Å²) < 4.78 is 7.83. The number of non-ortho nitro benzene ring substituents is 1. The normalized spacial score (nSPS) is 12.2. The molecule has 0 radical (unpaired) electrons. The predicted octanol–water partition coefficient (Wildman–Crippen LogP) is 4.28. The molecule has 5 aromatic rings. The monoisotopic (exact) mass is 423 g/mol. The molecule has 0 amide bonds. The number of imidazole rings is 1. The van der Waals surface area contributed by atoms with E-state index in [0.29, 0.717) is 31.6 Å². The first-order chi connectivity index (χ1) is 14.0. The second kappa shape index (κ2) is 6.54. The number of aromatic nitrogens is 2. The van der Waals surface area contributed by atoms with E-state index in [1.807, 2.05) is 24.3 Å². The van der Waals surface area contributed by atoms with Crippen LogP contribution in [0, 0.1) is 10.1 Å². The van der Waals surface area contributed by atoms with Crippen LogP contribution in [0.1, 0.15) is 5.76 Å². The maximum Gasteiger partial charge on any atom is 0.275 e. The number of hydrogen-bond acceptors (Lipinski definition) is 6. The number of para-hydroxylation sites is 2. The number of nitro groups is 1. The number of nitro benzene ring substituents is 1. The van der Waals surface area contributed by atoms with Crippen LogP contribution < -0.4 is 10.1 Å². The Bertz CT molecular complexity index is 1530. The minimum atomic E-state index is -0.495. The zero-order chi connectivity index (χ0) is 20.1. The standard InChI is InChI=1S/C20H10ClN3O4S/c21-14-7-5-11(24(26)27)9-13(14)17-8-6-12(28-17)10-18-19(25)23-16-4-2-1-3-15(16)22-20(23)29-18/h1-10H/b18-10+. The van der Waals surface area contributed by atoms with E-state index in [0.717, 1.165) is 11.0 Å². The van der Waals surface area contributed by atoms with Gasteiger partial charge in [0, 0.05) is 23.8 Å². The highest BCUT2D eigenvalue weighted by Crippen LogP contribution is 2.32. The van der Waals surface area contributed by atoms with Gasteiger partial charge in [0.2, 0.25) is 0 Å². The summed E-state index contributed by atoms with van der Waals surface area (Å²) in [6.45, 7) is 0. The van der Waals surface area contributed by atoms with Crippen molar-refractivity contribution < 1.29 is 9.34 Å². The van der Waals surface area contributed by atoms with E-state index in [2.05, 4.69) is 4.98 Å². The molecule has 0 unspecified atom stereocenters. The van der Waals surface area contributed by atoms with Crippen LogP contribution in [0.15, 0.2) is 63.8 Å². The van der Waals surface area contributed by atoms with E-state index in [9.17, 15) is 14.9 Å². The molecule has 0 bridgehead atoms. The molecule has 2 aromatic carbocycles. The van der Waals surface area contributed by atoms with Gasteiger partial charge in [0.05, 0.1) is 21.0 Å². The topological polar surface area (TPSA) is 90.6 Å². The summed E-state index contributed by atoms with van der Waals surface area (Å²) in [5.74, 6) is 0.817. The molecule has 5 rings (SSSR count). The molecule has 0 atom stereocenters. The Kier molecular flexibility index (Phi) is 3.97. The zero-order valence-corrected chi connectivity index (χ0v) is 16.1. The molecule has 3 aromatic heterocycles. The van der Waals surface area contributed by atoms with Gasteiger partial charge < -0.3 is 4.42 Å². The van der Waals surface area contributed by atoms with Gasteiger partial charge in [-0.25, -0.2) is 9.38 Å². The highest BCUT2D eigenvalue weighted by atomic mass is 35.5. The molecule has 7 nitrogen and oxygen atoms in total. The summed E-state index contributed by atoms with van der Waals surface area (Å²) in [6, 6.07) is 14.9. The Hall–Kier alpha value is -3.49. The summed E-state index contributed by atoms with van der Waals surface area (Å²) in [4.78, 5) is 28.4. The lowest BCUT2D eigenvalue weighted by molar-refractivity contribution is -0.384. The van der Waals surface area contributed by atoms with E-state index < -0.39 is 4.92 Å². The fraction of sp³-hybridized carbons (Fsp3) is 0. The smallest absolute Gasteiger partial charge is 0.275 e. The van der Waals surface area contributed by atoms with Crippen molar-refractivity contribution in [2.45, 2.75) is 0 Å². The summed E-state index contributed by atoms with van der Waals surface area (Å²) >= 11 is 7.44. The van der Waals surface area contributed by atoms with E-state index in [-0.39, 0.29) is 11.2 Å². The number of fused-ring (bicyclic) bond motifs is 3. The van der Waals surface area contributed by atoms with Crippen molar-refractivity contribution in [1.82, 2.24) is 9.38 Å².